The predicted molar refractivity (Wildman–Crippen MR) is 75.0 cm³/mol. The van der Waals surface area contributed by atoms with E-state index >= 15 is 0 Å². The van der Waals surface area contributed by atoms with Gasteiger partial charge in [0, 0.05) is 6.54 Å². The number of nitriles is 1. The largest absolute Gasteiger partial charge is 0.240 e. The van der Waals surface area contributed by atoms with E-state index in [1.165, 1.54) is 24.3 Å². The molecule has 0 aromatic heterocycles. The van der Waals surface area contributed by atoms with Crippen molar-refractivity contribution in [1.29, 1.82) is 5.26 Å². The van der Waals surface area contributed by atoms with Crippen molar-refractivity contribution in [2.24, 2.45) is 11.3 Å². The maximum absolute atomic E-state index is 12.1. The van der Waals surface area contributed by atoms with Crippen LogP contribution in [-0.2, 0) is 10.0 Å². The molecule has 0 heterocycles. The van der Waals surface area contributed by atoms with E-state index in [0.717, 1.165) is 0 Å². The Kier molecular flexibility index (Phi) is 4.72. The van der Waals surface area contributed by atoms with Gasteiger partial charge in [0.05, 0.1) is 16.5 Å². The molecule has 0 saturated heterocycles. The fraction of sp³-hybridized carbons (Fsp3) is 0.500. The number of nitrogens with zero attached hydrogens (tertiary/aromatic N) is 1. The fourth-order valence-corrected chi connectivity index (χ4v) is 2.46. The summed E-state index contributed by atoms with van der Waals surface area (Å²) in [6.07, 6.45) is 0. The molecule has 4 nitrogen and oxygen atoms in total. The number of hydrogen-bond donors (Lipinski definition) is 1. The molecular weight excluding hydrogens is 260 g/mol. The van der Waals surface area contributed by atoms with Gasteiger partial charge in [-0.1, -0.05) is 27.7 Å². The first-order valence-electron chi connectivity index (χ1n) is 6.16. The first-order valence-corrected chi connectivity index (χ1v) is 7.65. The van der Waals surface area contributed by atoms with Crippen LogP contribution in [0.4, 0.5) is 0 Å². The average molecular weight is 280 g/mol. The molecule has 1 unspecified atom stereocenters. The highest BCUT2D eigenvalue weighted by atomic mass is 32.2. The van der Waals surface area contributed by atoms with Crippen LogP contribution in [0.1, 0.15) is 33.3 Å². The molecule has 0 radical (unpaired) electrons. The average Bonchev–Trinajstić information content (AvgIpc) is 2.35. The van der Waals surface area contributed by atoms with Gasteiger partial charge in [-0.3, -0.25) is 0 Å². The van der Waals surface area contributed by atoms with E-state index in [-0.39, 0.29) is 16.2 Å². The van der Waals surface area contributed by atoms with Gasteiger partial charge in [-0.05, 0) is 35.6 Å². The van der Waals surface area contributed by atoms with Crippen LogP contribution in [-0.4, -0.2) is 15.0 Å². The van der Waals surface area contributed by atoms with Crippen molar-refractivity contribution in [3.63, 3.8) is 0 Å². The molecule has 0 aliphatic heterocycles. The number of hydrogen-bond acceptors (Lipinski definition) is 3. The standard InChI is InChI=1S/C14H20N2O2S/c1-11(14(2,3)4)10-16-19(17,18)13-7-5-12(9-15)6-8-13/h5-8,11,16H,10H2,1-4H3. The summed E-state index contributed by atoms with van der Waals surface area (Å²) in [6.45, 7) is 8.64. The molecule has 104 valence electrons. The molecule has 0 fully saturated rings. The minimum absolute atomic E-state index is 0.0488. The van der Waals surface area contributed by atoms with E-state index in [0.29, 0.717) is 12.1 Å². The summed E-state index contributed by atoms with van der Waals surface area (Å²) in [5, 5.41) is 8.68. The molecule has 1 aromatic rings. The molecule has 0 bridgehead atoms. The fourth-order valence-electron chi connectivity index (χ4n) is 1.33. The van der Waals surface area contributed by atoms with Crippen LogP contribution < -0.4 is 4.72 Å². The minimum Gasteiger partial charge on any atom is -0.211 e. The van der Waals surface area contributed by atoms with Crippen LogP contribution in [0.5, 0.6) is 0 Å². The highest BCUT2D eigenvalue weighted by Gasteiger charge is 2.22. The Bertz CT molecular complexity index is 563. The summed E-state index contributed by atoms with van der Waals surface area (Å²) >= 11 is 0. The quantitative estimate of drug-likeness (QED) is 0.921. The van der Waals surface area contributed by atoms with E-state index in [2.05, 4.69) is 25.5 Å². The number of sulfonamides is 1. The molecule has 1 atom stereocenters. The maximum Gasteiger partial charge on any atom is 0.240 e. The lowest BCUT2D eigenvalue weighted by molar-refractivity contribution is 0.263. The van der Waals surface area contributed by atoms with Crippen LogP contribution in [0.25, 0.3) is 0 Å². The summed E-state index contributed by atoms with van der Waals surface area (Å²) in [5.74, 6) is 0.223. The second-order valence-corrected chi connectivity index (χ2v) is 7.52. The van der Waals surface area contributed by atoms with Crippen LogP contribution in [0.2, 0.25) is 0 Å². The van der Waals surface area contributed by atoms with Crippen molar-refractivity contribution in [2.75, 3.05) is 6.54 Å². The smallest absolute Gasteiger partial charge is 0.211 e. The maximum atomic E-state index is 12.1. The second kappa shape index (κ2) is 5.72. The van der Waals surface area contributed by atoms with E-state index in [1.807, 2.05) is 13.0 Å². The Labute approximate surface area is 115 Å². The zero-order valence-corrected chi connectivity index (χ0v) is 12.6. The number of nitrogens with one attached hydrogen (secondary N) is 1. The van der Waals surface area contributed by atoms with Crippen molar-refractivity contribution < 1.29 is 8.42 Å². The van der Waals surface area contributed by atoms with E-state index in [9.17, 15) is 8.42 Å². The summed E-state index contributed by atoms with van der Waals surface area (Å²) in [5.41, 5.74) is 0.495. The molecule has 0 aliphatic carbocycles. The third-order valence-electron chi connectivity index (χ3n) is 3.35. The Morgan fingerprint density at radius 2 is 1.79 bits per heavy atom. The van der Waals surface area contributed by atoms with Gasteiger partial charge in [-0.15, -0.1) is 0 Å². The van der Waals surface area contributed by atoms with Gasteiger partial charge in [0.1, 0.15) is 0 Å². The first kappa shape index (κ1) is 15.7. The van der Waals surface area contributed by atoms with Gasteiger partial charge < -0.3 is 0 Å². The van der Waals surface area contributed by atoms with Gasteiger partial charge in [0.15, 0.2) is 0 Å². The molecule has 5 heteroatoms. The molecule has 19 heavy (non-hydrogen) atoms. The Morgan fingerprint density at radius 1 is 1.26 bits per heavy atom. The Balaban J connectivity index is 2.79. The Morgan fingerprint density at radius 3 is 2.21 bits per heavy atom. The molecule has 0 aliphatic rings. The van der Waals surface area contributed by atoms with Crippen LogP contribution >= 0.6 is 0 Å². The van der Waals surface area contributed by atoms with Crippen molar-refractivity contribution in [3.8, 4) is 6.07 Å². The predicted octanol–water partition coefficient (Wildman–Crippen LogP) is 2.52. The van der Waals surface area contributed by atoms with E-state index in [4.69, 9.17) is 5.26 Å². The van der Waals surface area contributed by atoms with Gasteiger partial charge in [0.25, 0.3) is 0 Å². The molecule has 0 spiro atoms. The topological polar surface area (TPSA) is 70.0 Å². The third-order valence-corrected chi connectivity index (χ3v) is 4.79. The van der Waals surface area contributed by atoms with Gasteiger partial charge >= 0.3 is 0 Å². The van der Waals surface area contributed by atoms with Crippen LogP contribution in [0.3, 0.4) is 0 Å². The lowest BCUT2D eigenvalue weighted by Gasteiger charge is -2.27. The molecule has 1 rings (SSSR count). The van der Waals surface area contributed by atoms with Crippen molar-refractivity contribution in [1.82, 2.24) is 4.72 Å². The SMILES string of the molecule is CC(CNS(=O)(=O)c1ccc(C#N)cc1)C(C)(C)C. The zero-order chi connectivity index (χ0) is 14.7. The van der Waals surface area contributed by atoms with Crippen molar-refractivity contribution in [3.05, 3.63) is 29.8 Å². The van der Waals surface area contributed by atoms with Crippen LogP contribution in [0, 0.1) is 22.7 Å². The zero-order valence-electron chi connectivity index (χ0n) is 11.8. The highest BCUT2D eigenvalue weighted by Crippen LogP contribution is 2.24. The Hall–Kier alpha value is -1.38. The van der Waals surface area contributed by atoms with E-state index < -0.39 is 10.0 Å². The van der Waals surface area contributed by atoms with Crippen molar-refractivity contribution in [2.45, 2.75) is 32.6 Å². The number of benzene rings is 1. The third kappa shape index (κ3) is 4.34. The number of rotatable bonds is 4. The van der Waals surface area contributed by atoms with Crippen molar-refractivity contribution >= 4 is 10.0 Å². The normalized spacial score (nSPS) is 13.8. The van der Waals surface area contributed by atoms with Gasteiger partial charge in [0.2, 0.25) is 10.0 Å². The van der Waals surface area contributed by atoms with E-state index in [1.54, 1.807) is 0 Å². The lowest BCUT2D eigenvalue weighted by atomic mass is 9.82. The molecule has 1 N–H and O–H groups in total. The first-order chi connectivity index (χ1) is 8.66. The lowest BCUT2D eigenvalue weighted by Crippen LogP contribution is -2.33. The summed E-state index contributed by atoms with van der Waals surface area (Å²) in [6, 6.07) is 7.86. The van der Waals surface area contributed by atoms with Crippen LogP contribution in [0.15, 0.2) is 29.2 Å². The molecular formula is C14H20N2O2S. The minimum atomic E-state index is -3.50. The molecule has 1 aromatic carbocycles. The monoisotopic (exact) mass is 280 g/mol. The van der Waals surface area contributed by atoms with Gasteiger partial charge in [-0.25, -0.2) is 13.1 Å². The summed E-state index contributed by atoms with van der Waals surface area (Å²) < 4.78 is 26.7. The highest BCUT2D eigenvalue weighted by molar-refractivity contribution is 7.89. The second-order valence-electron chi connectivity index (χ2n) is 5.76. The summed E-state index contributed by atoms with van der Waals surface area (Å²) in [4.78, 5) is 0.188. The summed E-state index contributed by atoms with van der Waals surface area (Å²) in [7, 11) is -3.50. The molecule has 0 amide bonds. The molecule has 0 saturated carbocycles. The van der Waals surface area contributed by atoms with Gasteiger partial charge in [-0.2, -0.15) is 5.26 Å².